The quantitative estimate of drug-likeness (QED) is 0.534. The Morgan fingerprint density at radius 3 is 2.16 bits per heavy atom. The van der Waals surface area contributed by atoms with Crippen molar-refractivity contribution in [3.8, 4) is 0 Å². The van der Waals surface area contributed by atoms with Crippen LogP contribution in [0.3, 0.4) is 0 Å². The first-order valence-corrected chi connectivity index (χ1v) is 8.64. The minimum Gasteiger partial charge on any atom is -0.329 e. The van der Waals surface area contributed by atoms with Gasteiger partial charge in [-0.1, -0.05) is 52.4 Å². The van der Waals surface area contributed by atoms with Crippen LogP contribution in [0, 0.1) is 0 Å². The van der Waals surface area contributed by atoms with Crippen LogP contribution >= 0.6 is 0 Å². The molecule has 2 heteroatoms. The van der Waals surface area contributed by atoms with Gasteiger partial charge in [0.05, 0.1) is 0 Å². The first kappa shape index (κ1) is 17.0. The maximum absolute atomic E-state index is 6.14. The molecule has 1 unspecified atom stereocenters. The second-order valence-electron chi connectivity index (χ2n) is 6.64. The van der Waals surface area contributed by atoms with Crippen molar-refractivity contribution in [3.63, 3.8) is 0 Å². The highest BCUT2D eigenvalue weighted by atomic mass is 15.2. The van der Waals surface area contributed by atoms with Crippen LogP contribution in [0.1, 0.15) is 85.0 Å². The molecule has 0 saturated heterocycles. The van der Waals surface area contributed by atoms with Crippen LogP contribution in [-0.4, -0.2) is 29.6 Å². The largest absolute Gasteiger partial charge is 0.329 e. The molecule has 0 radical (unpaired) electrons. The predicted molar refractivity (Wildman–Crippen MR) is 85.5 cm³/mol. The van der Waals surface area contributed by atoms with Gasteiger partial charge in [0.2, 0.25) is 0 Å². The lowest BCUT2D eigenvalue weighted by molar-refractivity contribution is 0.0875. The van der Waals surface area contributed by atoms with Crippen molar-refractivity contribution in [2.24, 2.45) is 5.73 Å². The number of rotatable bonds is 12. The number of unbranched alkanes of at least 4 members (excludes halogenated alkanes) is 5. The Hall–Kier alpha value is -0.0800. The third-order valence-electron chi connectivity index (χ3n) is 4.69. The van der Waals surface area contributed by atoms with Gasteiger partial charge in [0, 0.05) is 18.1 Å². The Balaban J connectivity index is 2.40. The SMILES string of the molecule is CCCCCCCC(C)(CN)N(CCCC)C1CC1. The first-order chi connectivity index (χ1) is 9.18. The molecule has 1 fully saturated rings. The lowest BCUT2D eigenvalue weighted by Crippen LogP contribution is -2.53. The van der Waals surface area contributed by atoms with Crippen molar-refractivity contribution in [1.29, 1.82) is 0 Å². The van der Waals surface area contributed by atoms with Gasteiger partial charge in [-0.05, 0) is 39.2 Å². The second kappa shape index (κ2) is 8.97. The van der Waals surface area contributed by atoms with Gasteiger partial charge in [0.25, 0.3) is 0 Å². The van der Waals surface area contributed by atoms with E-state index in [2.05, 4.69) is 25.7 Å². The molecule has 1 atom stereocenters. The third-order valence-corrected chi connectivity index (χ3v) is 4.69. The zero-order valence-corrected chi connectivity index (χ0v) is 13.6. The fraction of sp³-hybridized carbons (Fsp3) is 1.00. The highest BCUT2D eigenvalue weighted by Gasteiger charge is 2.39. The summed E-state index contributed by atoms with van der Waals surface area (Å²) in [4.78, 5) is 2.75. The molecule has 0 aromatic heterocycles. The second-order valence-corrected chi connectivity index (χ2v) is 6.64. The van der Waals surface area contributed by atoms with Crippen molar-refractivity contribution < 1.29 is 0 Å². The molecular formula is C17H36N2. The van der Waals surface area contributed by atoms with E-state index in [0.29, 0.717) is 0 Å². The summed E-state index contributed by atoms with van der Waals surface area (Å²) in [5, 5.41) is 0. The smallest absolute Gasteiger partial charge is 0.0306 e. The van der Waals surface area contributed by atoms with E-state index < -0.39 is 0 Å². The van der Waals surface area contributed by atoms with E-state index in [4.69, 9.17) is 5.73 Å². The highest BCUT2D eigenvalue weighted by Crippen LogP contribution is 2.35. The molecule has 1 aliphatic carbocycles. The van der Waals surface area contributed by atoms with Crippen molar-refractivity contribution in [3.05, 3.63) is 0 Å². The Kier molecular flexibility index (Phi) is 8.01. The van der Waals surface area contributed by atoms with Crippen LogP contribution in [0.2, 0.25) is 0 Å². The van der Waals surface area contributed by atoms with Crippen LogP contribution in [0.4, 0.5) is 0 Å². The first-order valence-electron chi connectivity index (χ1n) is 8.64. The van der Waals surface area contributed by atoms with Gasteiger partial charge in [0.1, 0.15) is 0 Å². The zero-order valence-electron chi connectivity index (χ0n) is 13.6. The molecule has 19 heavy (non-hydrogen) atoms. The van der Waals surface area contributed by atoms with E-state index in [1.54, 1.807) is 0 Å². The average molecular weight is 268 g/mol. The summed E-state index contributed by atoms with van der Waals surface area (Å²) < 4.78 is 0. The van der Waals surface area contributed by atoms with E-state index in [0.717, 1.165) is 12.6 Å². The fourth-order valence-corrected chi connectivity index (χ4v) is 3.08. The van der Waals surface area contributed by atoms with Gasteiger partial charge in [-0.25, -0.2) is 0 Å². The molecule has 0 aliphatic heterocycles. The minimum absolute atomic E-state index is 0.253. The van der Waals surface area contributed by atoms with Gasteiger partial charge in [-0.15, -0.1) is 0 Å². The monoisotopic (exact) mass is 268 g/mol. The molecule has 2 N–H and O–H groups in total. The van der Waals surface area contributed by atoms with Crippen LogP contribution in [0.15, 0.2) is 0 Å². The molecule has 114 valence electrons. The van der Waals surface area contributed by atoms with Gasteiger partial charge in [0.15, 0.2) is 0 Å². The van der Waals surface area contributed by atoms with Crippen molar-refractivity contribution >= 4 is 0 Å². The Morgan fingerprint density at radius 1 is 1.00 bits per heavy atom. The fourth-order valence-electron chi connectivity index (χ4n) is 3.08. The van der Waals surface area contributed by atoms with Crippen molar-refractivity contribution in [2.75, 3.05) is 13.1 Å². The number of hydrogen-bond donors (Lipinski definition) is 1. The lowest BCUT2D eigenvalue weighted by atomic mass is 9.91. The molecule has 1 aliphatic rings. The number of hydrogen-bond acceptors (Lipinski definition) is 2. The minimum atomic E-state index is 0.253. The lowest BCUT2D eigenvalue weighted by Gasteiger charge is -2.41. The normalized spacial score (nSPS) is 18.8. The van der Waals surface area contributed by atoms with E-state index in [-0.39, 0.29) is 5.54 Å². The molecular weight excluding hydrogens is 232 g/mol. The summed E-state index contributed by atoms with van der Waals surface area (Å²) in [6, 6.07) is 0.843. The van der Waals surface area contributed by atoms with E-state index in [1.807, 2.05) is 0 Å². The summed E-state index contributed by atoms with van der Waals surface area (Å²) in [5.74, 6) is 0. The van der Waals surface area contributed by atoms with Gasteiger partial charge >= 0.3 is 0 Å². The number of nitrogens with zero attached hydrogens (tertiary/aromatic N) is 1. The van der Waals surface area contributed by atoms with E-state index in [1.165, 1.54) is 70.8 Å². The van der Waals surface area contributed by atoms with Gasteiger partial charge in [-0.2, -0.15) is 0 Å². The van der Waals surface area contributed by atoms with Crippen LogP contribution in [0.25, 0.3) is 0 Å². The summed E-state index contributed by atoms with van der Waals surface area (Å²) in [7, 11) is 0. The summed E-state index contributed by atoms with van der Waals surface area (Å²) >= 11 is 0. The Bertz CT molecular complexity index is 225. The maximum atomic E-state index is 6.14. The Morgan fingerprint density at radius 2 is 1.63 bits per heavy atom. The molecule has 0 aromatic carbocycles. The molecule has 0 aromatic rings. The number of nitrogens with two attached hydrogens (primary N) is 1. The molecule has 1 rings (SSSR count). The van der Waals surface area contributed by atoms with E-state index >= 15 is 0 Å². The molecule has 0 amide bonds. The maximum Gasteiger partial charge on any atom is 0.0306 e. The van der Waals surface area contributed by atoms with Gasteiger partial charge in [-0.3, -0.25) is 4.90 Å². The predicted octanol–water partition coefficient (Wildman–Crippen LogP) is 4.33. The molecule has 0 heterocycles. The standard InChI is InChI=1S/C17H36N2/c1-4-6-8-9-10-13-17(3,15-18)19(14-7-5-2)16-11-12-16/h16H,4-15,18H2,1-3H3. The molecule has 0 bridgehead atoms. The van der Waals surface area contributed by atoms with Crippen molar-refractivity contribution in [1.82, 2.24) is 4.90 Å². The van der Waals surface area contributed by atoms with Crippen LogP contribution in [-0.2, 0) is 0 Å². The molecule has 0 spiro atoms. The Labute approximate surface area is 121 Å². The zero-order chi connectivity index (χ0) is 14.1. The summed E-state index contributed by atoms with van der Waals surface area (Å²) in [5.41, 5.74) is 6.40. The van der Waals surface area contributed by atoms with E-state index in [9.17, 15) is 0 Å². The highest BCUT2D eigenvalue weighted by molar-refractivity contribution is 4.96. The van der Waals surface area contributed by atoms with Crippen LogP contribution in [0.5, 0.6) is 0 Å². The third kappa shape index (κ3) is 5.83. The summed E-state index contributed by atoms with van der Waals surface area (Å²) in [6.45, 7) is 9.05. The van der Waals surface area contributed by atoms with Crippen LogP contribution < -0.4 is 5.73 Å². The molecule has 2 nitrogen and oxygen atoms in total. The molecule has 1 saturated carbocycles. The van der Waals surface area contributed by atoms with Gasteiger partial charge < -0.3 is 5.73 Å². The topological polar surface area (TPSA) is 29.3 Å². The average Bonchev–Trinajstić information content (AvgIpc) is 3.23. The summed E-state index contributed by atoms with van der Waals surface area (Å²) in [6.07, 6.45) is 13.6. The van der Waals surface area contributed by atoms with Crippen molar-refractivity contribution in [2.45, 2.75) is 96.6 Å².